The molecule has 0 aliphatic heterocycles. The van der Waals surface area contributed by atoms with Crippen molar-refractivity contribution < 1.29 is 4.79 Å². The topological polar surface area (TPSA) is 67.2 Å². The third-order valence-corrected chi connectivity index (χ3v) is 2.29. The lowest BCUT2D eigenvalue weighted by Crippen LogP contribution is -2.29. The Hall–Kier alpha value is -0.770. The molecule has 0 atom stereocenters. The van der Waals surface area contributed by atoms with Gasteiger partial charge in [-0.25, -0.2) is 4.79 Å². The number of hydrogen-bond donors (Lipinski definition) is 3. The molecule has 0 saturated heterocycles. The van der Waals surface area contributed by atoms with E-state index in [9.17, 15) is 4.79 Å². The molecule has 0 bridgehead atoms. The van der Waals surface area contributed by atoms with Gasteiger partial charge >= 0.3 is 6.03 Å². The normalized spacial score (nSPS) is 10.2. The van der Waals surface area contributed by atoms with Crippen LogP contribution < -0.4 is 16.4 Å². The summed E-state index contributed by atoms with van der Waals surface area (Å²) in [4.78, 5) is 10.3. The van der Waals surface area contributed by atoms with Crippen molar-refractivity contribution in [1.29, 1.82) is 0 Å². The molecule has 15 heavy (non-hydrogen) atoms. The molecule has 0 saturated carbocycles. The highest BCUT2D eigenvalue weighted by molar-refractivity contribution is 5.71. The molecule has 0 aliphatic rings. The Balaban J connectivity index is 2.89. The monoisotopic (exact) mass is 215 g/mol. The van der Waals surface area contributed by atoms with E-state index in [0.717, 1.165) is 25.9 Å². The summed E-state index contributed by atoms with van der Waals surface area (Å²) >= 11 is 0. The maximum Gasteiger partial charge on any atom is 0.312 e. The predicted octanol–water partition coefficient (Wildman–Crippen LogP) is 1.60. The number of nitrogens with one attached hydrogen (secondary N) is 2. The third-order valence-electron chi connectivity index (χ3n) is 2.29. The van der Waals surface area contributed by atoms with Crippen LogP contribution in [0.5, 0.6) is 0 Å². The highest BCUT2D eigenvalue weighted by Gasteiger charge is 1.92. The van der Waals surface area contributed by atoms with Gasteiger partial charge in [0, 0.05) is 6.54 Å². The van der Waals surface area contributed by atoms with Gasteiger partial charge in [-0.1, -0.05) is 26.2 Å². The fraction of sp³-hybridized carbons (Fsp3) is 0.909. The molecule has 0 fully saturated rings. The summed E-state index contributed by atoms with van der Waals surface area (Å²) in [6.45, 7) is 5.16. The van der Waals surface area contributed by atoms with Gasteiger partial charge in [0.1, 0.15) is 0 Å². The second-order valence-electron chi connectivity index (χ2n) is 3.81. The molecule has 0 heterocycles. The number of hydrogen-bond acceptors (Lipinski definition) is 2. The van der Waals surface area contributed by atoms with E-state index < -0.39 is 6.03 Å². The molecule has 4 nitrogen and oxygen atoms in total. The molecule has 0 rings (SSSR count). The second-order valence-corrected chi connectivity index (χ2v) is 3.81. The number of nitrogens with two attached hydrogens (primary N) is 1. The molecule has 0 spiro atoms. The molecule has 90 valence electrons. The highest BCUT2D eigenvalue weighted by Crippen LogP contribution is 1.97. The summed E-state index contributed by atoms with van der Waals surface area (Å²) in [5, 5.41) is 5.99. The van der Waals surface area contributed by atoms with E-state index in [1.165, 1.54) is 25.7 Å². The molecule has 4 N–H and O–H groups in total. The standard InChI is InChI=1S/C11H25N3O/c1-2-3-8-13-9-6-4-5-7-10-14-11(12)15/h13H,2-10H2,1H3,(H3,12,14,15). The zero-order valence-corrected chi connectivity index (χ0v) is 9.85. The van der Waals surface area contributed by atoms with Crippen molar-refractivity contribution in [3.8, 4) is 0 Å². The van der Waals surface area contributed by atoms with Gasteiger partial charge in [-0.2, -0.15) is 0 Å². The van der Waals surface area contributed by atoms with Crippen molar-refractivity contribution in [2.45, 2.75) is 45.4 Å². The van der Waals surface area contributed by atoms with Crippen LogP contribution in [-0.2, 0) is 0 Å². The second kappa shape index (κ2) is 11.3. The zero-order valence-electron chi connectivity index (χ0n) is 9.85. The average molecular weight is 215 g/mol. The maximum absolute atomic E-state index is 10.3. The molecule has 2 amide bonds. The van der Waals surface area contributed by atoms with E-state index in [2.05, 4.69) is 17.6 Å². The zero-order chi connectivity index (χ0) is 11.4. The van der Waals surface area contributed by atoms with Crippen molar-refractivity contribution >= 4 is 6.03 Å². The van der Waals surface area contributed by atoms with E-state index in [0.29, 0.717) is 6.54 Å². The minimum absolute atomic E-state index is 0.420. The minimum Gasteiger partial charge on any atom is -0.352 e. The SMILES string of the molecule is CCCCNCCCCCCNC(N)=O. The first-order valence-corrected chi connectivity index (χ1v) is 6.01. The van der Waals surface area contributed by atoms with Gasteiger partial charge in [-0.3, -0.25) is 0 Å². The Morgan fingerprint density at radius 1 is 1.00 bits per heavy atom. The molecule has 4 heteroatoms. The van der Waals surface area contributed by atoms with Crippen LogP contribution in [0.2, 0.25) is 0 Å². The van der Waals surface area contributed by atoms with Crippen LogP contribution in [0, 0.1) is 0 Å². The molecule has 0 aromatic carbocycles. The van der Waals surface area contributed by atoms with Gasteiger partial charge in [0.2, 0.25) is 0 Å². The number of carbonyl (C=O) groups excluding carboxylic acids is 1. The first-order chi connectivity index (χ1) is 7.27. The van der Waals surface area contributed by atoms with Crippen LogP contribution in [0.4, 0.5) is 4.79 Å². The van der Waals surface area contributed by atoms with E-state index in [-0.39, 0.29) is 0 Å². The maximum atomic E-state index is 10.3. The molecule has 0 radical (unpaired) electrons. The molecular formula is C11H25N3O. The van der Waals surface area contributed by atoms with Gasteiger partial charge in [0.25, 0.3) is 0 Å². The Morgan fingerprint density at radius 2 is 1.60 bits per heavy atom. The quantitative estimate of drug-likeness (QED) is 0.485. The lowest BCUT2D eigenvalue weighted by atomic mass is 10.2. The van der Waals surface area contributed by atoms with Crippen LogP contribution in [-0.4, -0.2) is 25.7 Å². The van der Waals surface area contributed by atoms with Crippen molar-refractivity contribution in [3.63, 3.8) is 0 Å². The van der Waals surface area contributed by atoms with Crippen molar-refractivity contribution in [1.82, 2.24) is 10.6 Å². The first kappa shape index (κ1) is 14.2. The van der Waals surface area contributed by atoms with Crippen LogP contribution >= 0.6 is 0 Å². The predicted molar refractivity (Wildman–Crippen MR) is 63.8 cm³/mol. The fourth-order valence-corrected chi connectivity index (χ4v) is 1.37. The summed E-state index contributed by atoms with van der Waals surface area (Å²) in [7, 11) is 0. The lowest BCUT2D eigenvalue weighted by molar-refractivity contribution is 0.248. The fourth-order valence-electron chi connectivity index (χ4n) is 1.37. The van der Waals surface area contributed by atoms with E-state index >= 15 is 0 Å². The molecule has 0 aliphatic carbocycles. The number of amides is 2. The van der Waals surface area contributed by atoms with Gasteiger partial charge in [0.15, 0.2) is 0 Å². The third kappa shape index (κ3) is 13.2. The Labute approximate surface area is 93.0 Å². The number of rotatable bonds is 10. The molecule has 0 aromatic rings. The summed E-state index contributed by atoms with van der Waals surface area (Å²) < 4.78 is 0. The van der Waals surface area contributed by atoms with E-state index in [4.69, 9.17) is 5.73 Å². The van der Waals surface area contributed by atoms with Gasteiger partial charge < -0.3 is 16.4 Å². The summed E-state index contributed by atoms with van der Waals surface area (Å²) in [5.74, 6) is 0. The van der Waals surface area contributed by atoms with Gasteiger partial charge in [0.05, 0.1) is 0 Å². The van der Waals surface area contributed by atoms with Crippen LogP contribution in [0.25, 0.3) is 0 Å². The summed E-state index contributed by atoms with van der Waals surface area (Å²) in [5.41, 5.74) is 4.94. The van der Waals surface area contributed by atoms with E-state index in [1.54, 1.807) is 0 Å². The molecular weight excluding hydrogens is 190 g/mol. The van der Waals surface area contributed by atoms with Crippen molar-refractivity contribution in [2.24, 2.45) is 5.73 Å². The smallest absolute Gasteiger partial charge is 0.312 e. The van der Waals surface area contributed by atoms with Crippen LogP contribution in [0.3, 0.4) is 0 Å². The number of urea groups is 1. The molecule has 0 aromatic heterocycles. The molecule has 0 unspecified atom stereocenters. The van der Waals surface area contributed by atoms with Gasteiger partial charge in [-0.15, -0.1) is 0 Å². The first-order valence-electron chi connectivity index (χ1n) is 6.01. The summed E-state index contributed by atoms with van der Waals surface area (Å²) in [6, 6.07) is -0.420. The van der Waals surface area contributed by atoms with Crippen LogP contribution in [0.1, 0.15) is 45.4 Å². The minimum atomic E-state index is -0.420. The number of unbranched alkanes of at least 4 members (excludes halogenated alkanes) is 4. The van der Waals surface area contributed by atoms with Crippen molar-refractivity contribution in [2.75, 3.05) is 19.6 Å². The highest BCUT2D eigenvalue weighted by atomic mass is 16.2. The van der Waals surface area contributed by atoms with Crippen molar-refractivity contribution in [3.05, 3.63) is 0 Å². The Bertz CT molecular complexity index is 151. The van der Waals surface area contributed by atoms with Gasteiger partial charge in [-0.05, 0) is 32.4 Å². The summed E-state index contributed by atoms with van der Waals surface area (Å²) in [6.07, 6.45) is 7.15. The van der Waals surface area contributed by atoms with Crippen LogP contribution in [0.15, 0.2) is 0 Å². The van der Waals surface area contributed by atoms with E-state index in [1.807, 2.05) is 0 Å². The average Bonchev–Trinajstić information content (AvgIpc) is 2.20. The Kier molecular flexibility index (Phi) is 10.7. The Morgan fingerprint density at radius 3 is 2.20 bits per heavy atom. The lowest BCUT2D eigenvalue weighted by Gasteiger charge is -2.04. The number of primary amides is 1. The number of carbonyl (C=O) groups is 1. The largest absolute Gasteiger partial charge is 0.352 e.